The molecule has 0 bridgehead atoms. The van der Waals surface area contributed by atoms with Crippen LogP contribution < -0.4 is 5.32 Å². The van der Waals surface area contributed by atoms with E-state index in [1.54, 1.807) is 0 Å². The van der Waals surface area contributed by atoms with Crippen molar-refractivity contribution in [1.82, 2.24) is 9.63 Å². The minimum Gasteiger partial charge on any atom is -0.355 e. The molecule has 140 valence electrons. The SMILES string of the molecule is CON(C)S(=O)(=O)c1ccc(NC(=O)c2cc(-c3ccccc3)on2)cc1. The highest BCUT2D eigenvalue weighted by molar-refractivity contribution is 7.89. The Balaban J connectivity index is 1.73. The van der Waals surface area contributed by atoms with Crippen LogP contribution in [-0.4, -0.2) is 38.1 Å². The summed E-state index contributed by atoms with van der Waals surface area (Å²) in [5, 5.41) is 6.42. The number of rotatable bonds is 6. The Kier molecular flexibility index (Phi) is 5.36. The normalized spacial score (nSPS) is 11.5. The fourth-order valence-electron chi connectivity index (χ4n) is 2.27. The van der Waals surface area contributed by atoms with Gasteiger partial charge in [0.2, 0.25) is 0 Å². The minimum absolute atomic E-state index is 0.0395. The molecule has 27 heavy (non-hydrogen) atoms. The van der Waals surface area contributed by atoms with E-state index in [1.165, 1.54) is 44.5 Å². The van der Waals surface area contributed by atoms with Crippen LogP contribution in [-0.2, 0) is 14.9 Å². The summed E-state index contributed by atoms with van der Waals surface area (Å²) in [6.07, 6.45) is 0. The van der Waals surface area contributed by atoms with Crippen LogP contribution in [0.15, 0.2) is 70.1 Å². The molecular formula is C18H17N3O5S. The summed E-state index contributed by atoms with van der Waals surface area (Å²) in [7, 11) is -1.19. The van der Waals surface area contributed by atoms with Gasteiger partial charge >= 0.3 is 0 Å². The Hall–Kier alpha value is -3.01. The van der Waals surface area contributed by atoms with Crippen molar-refractivity contribution >= 4 is 21.6 Å². The highest BCUT2D eigenvalue weighted by Gasteiger charge is 2.21. The molecule has 0 saturated carbocycles. The lowest BCUT2D eigenvalue weighted by Crippen LogP contribution is -2.25. The molecule has 1 amide bonds. The van der Waals surface area contributed by atoms with Crippen LogP contribution in [0.4, 0.5) is 5.69 Å². The number of sulfonamides is 1. The number of nitrogens with one attached hydrogen (secondary N) is 1. The van der Waals surface area contributed by atoms with Crippen molar-refractivity contribution in [3.05, 3.63) is 66.4 Å². The van der Waals surface area contributed by atoms with Crippen molar-refractivity contribution < 1.29 is 22.6 Å². The molecule has 0 atom stereocenters. The fraction of sp³-hybridized carbons (Fsp3) is 0.111. The first kappa shape index (κ1) is 18.8. The van der Waals surface area contributed by atoms with E-state index in [9.17, 15) is 13.2 Å². The van der Waals surface area contributed by atoms with Gasteiger partial charge in [0.1, 0.15) is 0 Å². The molecule has 9 heteroatoms. The summed E-state index contributed by atoms with van der Waals surface area (Å²) >= 11 is 0. The lowest BCUT2D eigenvalue weighted by molar-refractivity contribution is -0.0258. The van der Waals surface area contributed by atoms with Gasteiger partial charge in [-0.3, -0.25) is 9.63 Å². The molecule has 0 unspecified atom stereocenters. The molecule has 3 aromatic rings. The van der Waals surface area contributed by atoms with Crippen molar-refractivity contribution in [1.29, 1.82) is 0 Å². The molecule has 0 aliphatic heterocycles. The van der Waals surface area contributed by atoms with Gasteiger partial charge in [0.15, 0.2) is 11.5 Å². The number of hydrogen-bond donors (Lipinski definition) is 1. The molecule has 0 aliphatic carbocycles. The van der Waals surface area contributed by atoms with Gasteiger partial charge in [-0.2, -0.15) is 0 Å². The van der Waals surface area contributed by atoms with Gasteiger partial charge in [-0.15, -0.1) is 0 Å². The number of aromatic nitrogens is 1. The summed E-state index contributed by atoms with van der Waals surface area (Å²) in [4.78, 5) is 17.1. The zero-order chi connectivity index (χ0) is 19.4. The number of hydroxylamine groups is 1. The maximum atomic E-state index is 12.3. The third-order valence-electron chi connectivity index (χ3n) is 3.81. The Labute approximate surface area is 156 Å². The Bertz CT molecular complexity index is 1030. The summed E-state index contributed by atoms with van der Waals surface area (Å²) in [6.45, 7) is 0. The van der Waals surface area contributed by atoms with Gasteiger partial charge in [0, 0.05) is 24.4 Å². The fourth-order valence-corrected chi connectivity index (χ4v) is 3.25. The number of anilines is 1. The lowest BCUT2D eigenvalue weighted by Gasteiger charge is -2.14. The van der Waals surface area contributed by atoms with Crippen LogP contribution in [0, 0.1) is 0 Å². The van der Waals surface area contributed by atoms with Crippen molar-refractivity contribution in [2.24, 2.45) is 0 Å². The van der Waals surface area contributed by atoms with Crippen LogP contribution in [0.1, 0.15) is 10.5 Å². The van der Waals surface area contributed by atoms with E-state index in [2.05, 4.69) is 10.5 Å². The van der Waals surface area contributed by atoms with E-state index in [0.717, 1.165) is 10.0 Å². The number of benzene rings is 2. The number of carbonyl (C=O) groups is 1. The zero-order valence-electron chi connectivity index (χ0n) is 14.6. The van der Waals surface area contributed by atoms with Gasteiger partial charge in [0.05, 0.1) is 12.0 Å². The molecule has 3 rings (SSSR count). The van der Waals surface area contributed by atoms with Gasteiger partial charge < -0.3 is 9.84 Å². The van der Waals surface area contributed by atoms with Crippen molar-refractivity contribution in [2.45, 2.75) is 4.90 Å². The van der Waals surface area contributed by atoms with Gasteiger partial charge in [0.25, 0.3) is 15.9 Å². The van der Waals surface area contributed by atoms with Gasteiger partial charge in [-0.25, -0.2) is 8.42 Å². The second-order valence-electron chi connectivity index (χ2n) is 5.52. The smallest absolute Gasteiger partial charge is 0.277 e. The first-order valence-electron chi connectivity index (χ1n) is 7.88. The molecule has 8 nitrogen and oxygen atoms in total. The standard InChI is InChI=1S/C18H17N3O5S/c1-21(25-2)27(23,24)15-10-8-14(9-11-15)19-18(22)16-12-17(26-20-16)13-6-4-3-5-7-13/h3-12H,1-2H3,(H,19,22). The molecular weight excluding hydrogens is 370 g/mol. The van der Waals surface area contributed by atoms with Crippen LogP contribution in [0.3, 0.4) is 0 Å². The van der Waals surface area contributed by atoms with E-state index in [0.29, 0.717) is 11.4 Å². The molecule has 0 saturated heterocycles. The van der Waals surface area contributed by atoms with E-state index in [4.69, 9.17) is 9.36 Å². The predicted octanol–water partition coefficient (Wildman–Crippen LogP) is 2.78. The maximum Gasteiger partial charge on any atom is 0.277 e. The molecule has 0 radical (unpaired) electrons. The Morgan fingerprint density at radius 3 is 2.41 bits per heavy atom. The van der Waals surface area contributed by atoms with Crippen molar-refractivity contribution in [2.75, 3.05) is 19.5 Å². The zero-order valence-corrected chi connectivity index (χ0v) is 15.4. The van der Waals surface area contributed by atoms with Crippen molar-refractivity contribution in [3.63, 3.8) is 0 Å². The van der Waals surface area contributed by atoms with E-state index in [1.807, 2.05) is 30.3 Å². The highest BCUT2D eigenvalue weighted by Crippen LogP contribution is 2.21. The number of carbonyl (C=O) groups excluding carboxylic acids is 1. The van der Waals surface area contributed by atoms with E-state index >= 15 is 0 Å². The predicted molar refractivity (Wildman–Crippen MR) is 98.3 cm³/mol. The number of nitrogens with zero attached hydrogens (tertiary/aromatic N) is 2. The summed E-state index contributed by atoms with van der Waals surface area (Å²) in [6, 6.07) is 16.5. The van der Waals surface area contributed by atoms with E-state index < -0.39 is 15.9 Å². The second kappa shape index (κ2) is 7.70. The monoisotopic (exact) mass is 387 g/mol. The quantitative estimate of drug-likeness (QED) is 0.653. The van der Waals surface area contributed by atoms with Crippen LogP contribution in [0.2, 0.25) is 0 Å². The molecule has 0 fully saturated rings. The molecule has 2 aromatic carbocycles. The third kappa shape index (κ3) is 4.05. The third-order valence-corrected chi connectivity index (χ3v) is 5.50. The van der Waals surface area contributed by atoms with Gasteiger partial charge in [-0.1, -0.05) is 40.0 Å². The van der Waals surface area contributed by atoms with E-state index in [-0.39, 0.29) is 10.6 Å². The summed E-state index contributed by atoms with van der Waals surface area (Å²) < 4.78 is 30.2. The first-order chi connectivity index (χ1) is 12.9. The van der Waals surface area contributed by atoms with Crippen LogP contribution in [0.5, 0.6) is 0 Å². The Morgan fingerprint density at radius 1 is 1.11 bits per heavy atom. The van der Waals surface area contributed by atoms with Crippen molar-refractivity contribution in [3.8, 4) is 11.3 Å². The highest BCUT2D eigenvalue weighted by atomic mass is 32.2. The maximum absolute atomic E-state index is 12.3. The Morgan fingerprint density at radius 2 is 1.78 bits per heavy atom. The number of hydrogen-bond acceptors (Lipinski definition) is 6. The van der Waals surface area contributed by atoms with Crippen LogP contribution in [0.25, 0.3) is 11.3 Å². The molecule has 1 aromatic heterocycles. The van der Waals surface area contributed by atoms with Crippen LogP contribution >= 0.6 is 0 Å². The first-order valence-corrected chi connectivity index (χ1v) is 9.32. The lowest BCUT2D eigenvalue weighted by atomic mass is 10.1. The molecule has 1 heterocycles. The molecule has 0 aliphatic rings. The minimum atomic E-state index is -3.74. The summed E-state index contributed by atoms with van der Waals surface area (Å²) in [5.74, 6) is 0.00958. The second-order valence-corrected chi connectivity index (χ2v) is 7.45. The molecule has 0 spiro atoms. The summed E-state index contributed by atoms with van der Waals surface area (Å²) in [5.41, 5.74) is 1.34. The average Bonchev–Trinajstić information content (AvgIpc) is 3.19. The number of amides is 1. The largest absolute Gasteiger partial charge is 0.355 e. The average molecular weight is 387 g/mol. The van der Waals surface area contributed by atoms with Gasteiger partial charge in [-0.05, 0) is 24.3 Å². The topological polar surface area (TPSA) is 102 Å². The molecule has 1 N–H and O–H groups in total.